The molecule has 0 amide bonds. The van der Waals surface area contributed by atoms with E-state index in [-0.39, 0.29) is 5.57 Å². The normalized spacial score (nSPS) is 14.4. The molecule has 1 fully saturated rings. The standard InChI is InChI=1S/C26H21NO6S2/c1-15(28)19(25(29)30)14-18-4-5-23(34-18)24-7-6-22(35-24)20-12-16-2-3-17(13-21(16)33-26(20)31)27-8-10-32-11-9-27/h2-7,12-14H,8-11H2,1H3,(H,29,30). The number of carbonyl (C=O) groups excluding carboxylic acids is 1. The lowest BCUT2D eigenvalue weighted by Gasteiger charge is -2.28. The molecule has 0 bridgehead atoms. The second-order valence-corrected chi connectivity index (χ2v) is 10.3. The van der Waals surface area contributed by atoms with Gasteiger partial charge >= 0.3 is 11.6 Å². The average Bonchev–Trinajstić information content (AvgIpc) is 3.52. The summed E-state index contributed by atoms with van der Waals surface area (Å²) in [6, 6.07) is 15.2. The molecule has 178 valence electrons. The molecule has 4 heterocycles. The molecular formula is C26H21NO6S2. The number of fused-ring (bicyclic) bond motifs is 1. The van der Waals surface area contributed by atoms with Crippen LogP contribution in [0.5, 0.6) is 0 Å². The minimum atomic E-state index is -1.24. The highest BCUT2D eigenvalue weighted by Gasteiger charge is 2.16. The molecule has 0 spiro atoms. The minimum Gasteiger partial charge on any atom is -0.478 e. The maximum absolute atomic E-state index is 12.8. The van der Waals surface area contributed by atoms with Crippen LogP contribution in [0.1, 0.15) is 11.8 Å². The number of carboxylic acid groups (broad SMARTS) is 1. The Balaban J connectivity index is 1.43. The summed E-state index contributed by atoms with van der Waals surface area (Å²) in [5, 5.41) is 10.1. The number of carbonyl (C=O) groups is 2. The van der Waals surface area contributed by atoms with E-state index >= 15 is 0 Å². The maximum Gasteiger partial charge on any atom is 0.345 e. The van der Waals surface area contributed by atoms with Gasteiger partial charge in [-0.2, -0.15) is 0 Å². The average molecular weight is 508 g/mol. The van der Waals surface area contributed by atoms with Gasteiger partial charge in [0.05, 0.1) is 18.8 Å². The van der Waals surface area contributed by atoms with Crippen molar-refractivity contribution in [1.29, 1.82) is 0 Å². The lowest BCUT2D eigenvalue weighted by Crippen LogP contribution is -2.36. The van der Waals surface area contributed by atoms with Crippen molar-refractivity contribution in [2.45, 2.75) is 6.92 Å². The summed E-state index contributed by atoms with van der Waals surface area (Å²) in [5.74, 6) is -1.74. The number of nitrogens with zero attached hydrogens (tertiary/aromatic N) is 1. The van der Waals surface area contributed by atoms with Crippen LogP contribution in [-0.2, 0) is 14.3 Å². The number of anilines is 1. The highest BCUT2D eigenvalue weighted by Crippen LogP contribution is 2.38. The number of aliphatic carboxylic acids is 1. The SMILES string of the molecule is CC(=O)C(=Cc1ccc(-c2ccc(-c3cc4ccc(N5CCOCC5)cc4oc3=O)s2)s1)C(=O)O. The van der Waals surface area contributed by atoms with Gasteiger partial charge in [-0.15, -0.1) is 22.7 Å². The highest BCUT2D eigenvalue weighted by atomic mass is 32.1. The third-order valence-corrected chi connectivity index (χ3v) is 8.08. The fraction of sp³-hybridized carbons (Fsp3) is 0.192. The van der Waals surface area contributed by atoms with Crippen molar-refractivity contribution < 1.29 is 23.8 Å². The predicted molar refractivity (Wildman–Crippen MR) is 138 cm³/mol. The molecule has 0 atom stereocenters. The summed E-state index contributed by atoms with van der Waals surface area (Å²) in [6.07, 6.45) is 1.39. The highest BCUT2D eigenvalue weighted by molar-refractivity contribution is 7.24. The molecule has 3 aromatic heterocycles. The predicted octanol–water partition coefficient (Wildman–Crippen LogP) is 5.14. The fourth-order valence-electron chi connectivity index (χ4n) is 3.92. The van der Waals surface area contributed by atoms with Gasteiger partial charge in [-0.1, -0.05) is 0 Å². The summed E-state index contributed by atoms with van der Waals surface area (Å²) in [7, 11) is 0. The third-order valence-electron chi connectivity index (χ3n) is 5.73. The van der Waals surface area contributed by atoms with E-state index in [0.29, 0.717) is 29.2 Å². The monoisotopic (exact) mass is 507 g/mol. The Hall–Kier alpha value is -3.53. The molecule has 7 nitrogen and oxygen atoms in total. The molecule has 1 aliphatic heterocycles. The summed E-state index contributed by atoms with van der Waals surface area (Å²) in [6.45, 7) is 4.21. The van der Waals surface area contributed by atoms with Gasteiger partial charge in [0, 0.05) is 49.7 Å². The first-order valence-corrected chi connectivity index (χ1v) is 12.6. The Morgan fingerprint density at radius 1 is 0.971 bits per heavy atom. The third kappa shape index (κ3) is 4.84. The molecule has 0 saturated carbocycles. The van der Waals surface area contributed by atoms with E-state index in [9.17, 15) is 19.5 Å². The number of ether oxygens (including phenoxy) is 1. The molecular weight excluding hydrogens is 486 g/mol. The van der Waals surface area contributed by atoms with E-state index < -0.39 is 17.4 Å². The molecule has 1 N–H and O–H groups in total. The zero-order valence-electron chi connectivity index (χ0n) is 18.8. The van der Waals surface area contributed by atoms with Crippen LogP contribution in [0.3, 0.4) is 0 Å². The molecule has 4 aromatic rings. The van der Waals surface area contributed by atoms with Gasteiger partial charge in [0.2, 0.25) is 0 Å². The van der Waals surface area contributed by atoms with Gasteiger partial charge in [-0.3, -0.25) is 4.79 Å². The van der Waals surface area contributed by atoms with Crippen molar-refractivity contribution in [3.8, 4) is 20.2 Å². The van der Waals surface area contributed by atoms with E-state index in [1.165, 1.54) is 35.7 Å². The van der Waals surface area contributed by atoms with Gasteiger partial charge in [-0.05, 0) is 55.5 Å². The number of carboxylic acids is 1. The lowest BCUT2D eigenvalue weighted by molar-refractivity contribution is -0.134. The Bertz CT molecular complexity index is 1500. The topological polar surface area (TPSA) is 97.1 Å². The van der Waals surface area contributed by atoms with Gasteiger partial charge in [-0.25, -0.2) is 9.59 Å². The molecule has 5 rings (SSSR count). The van der Waals surface area contributed by atoms with E-state index in [1.54, 1.807) is 6.07 Å². The zero-order valence-corrected chi connectivity index (χ0v) is 20.4. The van der Waals surface area contributed by atoms with Crippen molar-refractivity contribution in [1.82, 2.24) is 0 Å². The minimum absolute atomic E-state index is 0.254. The summed E-state index contributed by atoms with van der Waals surface area (Å²) >= 11 is 2.84. The number of thiophene rings is 2. The maximum atomic E-state index is 12.8. The van der Waals surface area contributed by atoms with Crippen molar-refractivity contribution >= 4 is 57.2 Å². The first kappa shape index (κ1) is 23.2. The van der Waals surface area contributed by atoms with Gasteiger partial charge < -0.3 is 19.2 Å². The van der Waals surface area contributed by atoms with Crippen LogP contribution in [0.25, 0.3) is 37.2 Å². The van der Waals surface area contributed by atoms with E-state index in [4.69, 9.17) is 9.15 Å². The second kappa shape index (κ2) is 9.61. The smallest absolute Gasteiger partial charge is 0.345 e. The van der Waals surface area contributed by atoms with Crippen LogP contribution in [0.4, 0.5) is 5.69 Å². The molecule has 35 heavy (non-hydrogen) atoms. The molecule has 0 radical (unpaired) electrons. The number of ketones is 1. The number of morpholine rings is 1. The van der Waals surface area contributed by atoms with Crippen molar-refractivity contribution in [2.24, 2.45) is 0 Å². The Kier molecular flexibility index (Phi) is 6.38. The van der Waals surface area contributed by atoms with E-state index in [0.717, 1.165) is 38.8 Å². The van der Waals surface area contributed by atoms with Gasteiger partial charge in [0.15, 0.2) is 5.78 Å². The molecule has 1 saturated heterocycles. The van der Waals surface area contributed by atoms with E-state index in [1.807, 2.05) is 42.5 Å². The number of rotatable bonds is 6. The van der Waals surface area contributed by atoms with Gasteiger partial charge in [0.25, 0.3) is 0 Å². The fourth-order valence-corrected chi connectivity index (χ4v) is 5.98. The molecule has 1 aliphatic rings. The lowest BCUT2D eigenvalue weighted by atomic mass is 10.1. The Morgan fingerprint density at radius 2 is 1.69 bits per heavy atom. The van der Waals surface area contributed by atoms with Crippen LogP contribution in [0.2, 0.25) is 0 Å². The van der Waals surface area contributed by atoms with Crippen LogP contribution >= 0.6 is 22.7 Å². The number of hydrogen-bond donors (Lipinski definition) is 1. The largest absolute Gasteiger partial charge is 0.478 e. The zero-order chi connectivity index (χ0) is 24.5. The van der Waals surface area contributed by atoms with Gasteiger partial charge in [0.1, 0.15) is 11.2 Å². The van der Waals surface area contributed by atoms with Crippen LogP contribution in [0, 0.1) is 0 Å². The van der Waals surface area contributed by atoms with Crippen LogP contribution < -0.4 is 10.5 Å². The van der Waals surface area contributed by atoms with Crippen molar-refractivity contribution in [2.75, 3.05) is 31.2 Å². The molecule has 0 aliphatic carbocycles. The number of benzene rings is 1. The summed E-state index contributed by atoms with van der Waals surface area (Å²) < 4.78 is 11.1. The van der Waals surface area contributed by atoms with Crippen LogP contribution in [0.15, 0.2) is 63.3 Å². The number of Topliss-reactive ketones (excluding diaryl/α,β-unsaturated/α-hetero) is 1. The summed E-state index contributed by atoms with van der Waals surface area (Å²) in [5.41, 5.74) is 1.40. The summed E-state index contributed by atoms with van der Waals surface area (Å²) in [4.78, 5) is 41.2. The number of hydrogen-bond acceptors (Lipinski definition) is 8. The van der Waals surface area contributed by atoms with Crippen LogP contribution in [-0.4, -0.2) is 43.2 Å². The van der Waals surface area contributed by atoms with Crippen molar-refractivity contribution in [3.63, 3.8) is 0 Å². The van der Waals surface area contributed by atoms with E-state index in [2.05, 4.69) is 4.90 Å². The molecule has 1 aromatic carbocycles. The van der Waals surface area contributed by atoms with Crippen molar-refractivity contribution in [3.05, 3.63) is 69.4 Å². The Labute approximate surface area is 208 Å². The first-order valence-electron chi connectivity index (χ1n) is 11.0. The Morgan fingerprint density at radius 3 is 2.43 bits per heavy atom. The second-order valence-electron chi connectivity index (χ2n) is 8.05. The quantitative estimate of drug-likeness (QED) is 0.167. The molecule has 9 heteroatoms. The first-order chi connectivity index (χ1) is 16.9. The molecule has 0 unspecified atom stereocenters.